The third kappa shape index (κ3) is 5.39. The van der Waals surface area contributed by atoms with Gasteiger partial charge in [-0.3, -0.25) is 0 Å². The van der Waals surface area contributed by atoms with Gasteiger partial charge in [0.1, 0.15) is 61.0 Å². The van der Waals surface area contributed by atoms with Gasteiger partial charge in [-0.15, -0.1) is 0 Å². The highest BCUT2D eigenvalue weighted by molar-refractivity contribution is 5.85. The standard InChI is InChI=1S/C26H28O10/c27-11-19-23(31)25(33)21(29)17(35-19)7-3-13-1-5-15-10-14(2-6-16(15)9-13)4-8-18-22(30)26(34)24(32)20(12-28)36-18/h1-2,5-6,9-10,17-34H,11-12H2. The van der Waals surface area contributed by atoms with E-state index >= 15 is 0 Å². The molecule has 2 fully saturated rings. The van der Waals surface area contributed by atoms with Gasteiger partial charge in [0.05, 0.1) is 13.2 Å². The lowest BCUT2D eigenvalue weighted by Gasteiger charge is -2.37. The maximum Gasteiger partial charge on any atom is 0.147 e. The number of hydrogen-bond donors (Lipinski definition) is 8. The van der Waals surface area contributed by atoms with E-state index in [1.54, 1.807) is 24.3 Å². The summed E-state index contributed by atoms with van der Waals surface area (Å²) in [6.45, 7) is -1.05. The number of aliphatic hydroxyl groups is 8. The smallest absolute Gasteiger partial charge is 0.147 e. The monoisotopic (exact) mass is 500 g/mol. The average Bonchev–Trinajstić information content (AvgIpc) is 2.89. The molecule has 2 aliphatic rings. The summed E-state index contributed by atoms with van der Waals surface area (Å²) in [4.78, 5) is 0. The Labute approximate surface area is 207 Å². The van der Waals surface area contributed by atoms with E-state index in [4.69, 9.17) is 9.47 Å². The molecule has 8 N–H and O–H groups in total. The van der Waals surface area contributed by atoms with Crippen LogP contribution in [0.25, 0.3) is 10.8 Å². The Hall–Kier alpha value is -2.58. The minimum atomic E-state index is -1.49. The molecule has 10 heteroatoms. The number of ether oxygens (including phenoxy) is 2. The number of aliphatic hydroxyl groups excluding tert-OH is 8. The van der Waals surface area contributed by atoms with Crippen LogP contribution in [0.5, 0.6) is 0 Å². The molecule has 0 amide bonds. The van der Waals surface area contributed by atoms with Crippen molar-refractivity contribution in [1.29, 1.82) is 0 Å². The van der Waals surface area contributed by atoms with Crippen molar-refractivity contribution in [2.24, 2.45) is 0 Å². The molecule has 10 nitrogen and oxygen atoms in total. The molecule has 2 saturated heterocycles. The Morgan fingerprint density at radius 3 is 1.31 bits per heavy atom. The molecule has 10 unspecified atom stereocenters. The Morgan fingerprint density at radius 2 is 0.944 bits per heavy atom. The highest BCUT2D eigenvalue weighted by Crippen LogP contribution is 2.23. The van der Waals surface area contributed by atoms with Gasteiger partial charge in [0.25, 0.3) is 0 Å². The SMILES string of the molecule is OCC1OC(C#Cc2ccc3cc(C#CC4OC(CO)C(O)C(O)C4O)ccc3c2)C(O)C(O)C1O. The van der Waals surface area contributed by atoms with E-state index in [9.17, 15) is 40.9 Å². The molecule has 2 heterocycles. The van der Waals surface area contributed by atoms with Gasteiger partial charge in [0, 0.05) is 11.1 Å². The Bertz CT molecular complexity index is 1100. The highest BCUT2D eigenvalue weighted by atomic mass is 16.5. The van der Waals surface area contributed by atoms with Crippen molar-refractivity contribution in [2.45, 2.75) is 61.0 Å². The van der Waals surface area contributed by atoms with Crippen LogP contribution in [0.1, 0.15) is 11.1 Å². The molecule has 10 atom stereocenters. The molecule has 0 spiro atoms. The molecule has 2 aliphatic heterocycles. The fourth-order valence-electron chi connectivity index (χ4n) is 4.15. The third-order valence-electron chi connectivity index (χ3n) is 6.34. The first-order valence-corrected chi connectivity index (χ1v) is 11.4. The molecule has 0 radical (unpaired) electrons. The van der Waals surface area contributed by atoms with E-state index in [0.29, 0.717) is 11.1 Å². The predicted octanol–water partition coefficient (Wildman–Crippen LogP) is -2.77. The fraction of sp³-hybridized carbons (Fsp3) is 0.462. The second kappa shape index (κ2) is 11.2. The van der Waals surface area contributed by atoms with Crippen LogP contribution in [0, 0.1) is 23.7 Å². The second-order valence-corrected chi connectivity index (χ2v) is 8.81. The van der Waals surface area contributed by atoms with Gasteiger partial charge in [-0.25, -0.2) is 0 Å². The summed E-state index contributed by atoms with van der Waals surface area (Å²) >= 11 is 0. The minimum absolute atomic E-state index is 0.527. The molecule has 36 heavy (non-hydrogen) atoms. The van der Waals surface area contributed by atoms with Crippen LogP contribution in [-0.2, 0) is 9.47 Å². The van der Waals surface area contributed by atoms with E-state index in [-0.39, 0.29) is 0 Å². The Balaban J connectivity index is 1.50. The summed E-state index contributed by atoms with van der Waals surface area (Å²) in [5.41, 5.74) is 1.22. The van der Waals surface area contributed by atoms with Crippen LogP contribution in [0.2, 0.25) is 0 Å². The molecule has 4 rings (SSSR count). The first kappa shape index (κ1) is 26.5. The van der Waals surface area contributed by atoms with Gasteiger partial charge in [-0.2, -0.15) is 0 Å². The van der Waals surface area contributed by atoms with Crippen molar-refractivity contribution >= 4 is 10.8 Å². The zero-order valence-electron chi connectivity index (χ0n) is 19.0. The van der Waals surface area contributed by atoms with E-state index in [2.05, 4.69) is 23.7 Å². The Morgan fingerprint density at radius 1 is 0.556 bits per heavy atom. The molecular formula is C26H28O10. The molecule has 0 aromatic heterocycles. The highest BCUT2D eigenvalue weighted by Gasteiger charge is 2.43. The van der Waals surface area contributed by atoms with Crippen LogP contribution < -0.4 is 0 Å². The lowest BCUT2D eigenvalue weighted by atomic mass is 9.95. The van der Waals surface area contributed by atoms with Crippen LogP contribution in [0.3, 0.4) is 0 Å². The second-order valence-electron chi connectivity index (χ2n) is 8.81. The molecule has 2 aromatic carbocycles. The number of hydrogen-bond acceptors (Lipinski definition) is 10. The third-order valence-corrected chi connectivity index (χ3v) is 6.34. The van der Waals surface area contributed by atoms with Gasteiger partial charge >= 0.3 is 0 Å². The summed E-state index contributed by atoms with van der Waals surface area (Å²) in [5.74, 6) is 11.2. The molecule has 0 bridgehead atoms. The maximum absolute atomic E-state index is 10.1. The van der Waals surface area contributed by atoms with Crippen molar-refractivity contribution in [3.8, 4) is 23.7 Å². The number of benzene rings is 2. The summed E-state index contributed by atoms with van der Waals surface area (Å²) in [5, 5.41) is 80.1. The van der Waals surface area contributed by atoms with Crippen molar-refractivity contribution in [1.82, 2.24) is 0 Å². The van der Waals surface area contributed by atoms with Crippen molar-refractivity contribution in [2.75, 3.05) is 13.2 Å². The van der Waals surface area contributed by atoms with Gasteiger partial charge in [0.15, 0.2) is 0 Å². The van der Waals surface area contributed by atoms with E-state index in [1.165, 1.54) is 0 Å². The fourth-order valence-corrected chi connectivity index (χ4v) is 4.15. The summed E-state index contributed by atoms with van der Waals surface area (Å²) in [6, 6.07) is 10.7. The number of fused-ring (bicyclic) bond motifs is 1. The zero-order valence-corrected chi connectivity index (χ0v) is 19.0. The lowest BCUT2D eigenvalue weighted by Crippen LogP contribution is -2.58. The van der Waals surface area contributed by atoms with Crippen molar-refractivity contribution in [3.63, 3.8) is 0 Å². The van der Waals surface area contributed by atoms with Crippen molar-refractivity contribution in [3.05, 3.63) is 47.5 Å². The van der Waals surface area contributed by atoms with Crippen LogP contribution in [0.15, 0.2) is 36.4 Å². The van der Waals surface area contributed by atoms with Crippen LogP contribution >= 0.6 is 0 Å². The van der Waals surface area contributed by atoms with E-state index < -0.39 is 74.3 Å². The predicted molar refractivity (Wildman–Crippen MR) is 125 cm³/mol. The average molecular weight is 501 g/mol. The summed E-state index contributed by atoms with van der Waals surface area (Å²) in [7, 11) is 0. The van der Waals surface area contributed by atoms with Crippen LogP contribution in [0.4, 0.5) is 0 Å². The summed E-state index contributed by atoms with van der Waals surface area (Å²) in [6.07, 6.45) is -13.0. The molecular weight excluding hydrogens is 472 g/mol. The normalized spacial score (nSPS) is 36.4. The zero-order chi connectivity index (χ0) is 26.0. The lowest BCUT2D eigenvalue weighted by molar-refractivity contribution is -0.214. The van der Waals surface area contributed by atoms with E-state index in [1.807, 2.05) is 12.1 Å². The van der Waals surface area contributed by atoms with Crippen LogP contribution in [-0.4, -0.2) is 115 Å². The molecule has 192 valence electrons. The summed E-state index contributed by atoms with van der Waals surface area (Å²) < 4.78 is 10.8. The number of rotatable bonds is 2. The largest absolute Gasteiger partial charge is 0.394 e. The van der Waals surface area contributed by atoms with Crippen molar-refractivity contribution < 1.29 is 50.3 Å². The molecule has 0 aliphatic carbocycles. The minimum Gasteiger partial charge on any atom is -0.394 e. The Kier molecular flexibility index (Phi) is 8.25. The van der Waals surface area contributed by atoms with Gasteiger partial charge < -0.3 is 50.3 Å². The van der Waals surface area contributed by atoms with Gasteiger partial charge in [0.2, 0.25) is 0 Å². The van der Waals surface area contributed by atoms with Gasteiger partial charge in [-0.05, 0) is 35.0 Å². The topological polar surface area (TPSA) is 180 Å². The molecule has 2 aromatic rings. The van der Waals surface area contributed by atoms with Gasteiger partial charge in [-0.1, -0.05) is 35.8 Å². The molecule has 0 saturated carbocycles. The quantitative estimate of drug-likeness (QED) is 0.201. The first-order chi connectivity index (χ1) is 17.2. The maximum atomic E-state index is 10.1. The first-order valence-electron chi connectivity index (χ1n) is 11.4. The van der Waals surface area contributed by atoms with E-state index in [0.717, 1.165) is 10.8 Å².